The Hall–Kier alpha value is -1.19. The van der Waals surface area contributed by atoms with Gasteiger partial charge in [0.1, 0.15) is 5.82 Å². The Morgan fingerprint density at radius 3 is 2.64 bits per heavy atom. The summed E-state index contributed by atoms with van der Waals surface area (Å²) in [6, 6.07) is 0. The van der Waals surface area contributed by atoms with Gasteiger partial charge < -0.3 is 0 Å². The predicted molar refractivity (Wildman–Crippen MR) is 52.2 cm³/mol. The summed E-state index contributed by atoms with van der Waals surface area (Å²) >= 11 is 0. The summed E-state index contributed by atoms with van der Waals surface area (Å²) < 4.78 is 0. The van der Waals surface area contributed by atoms with E-state index in [1.54, 1.807) is 0 Å². The third-order valence-electron chi connectivity index (χ3n) is 3.14. The largest absolute Gasteiger partial charge is 0.294 e. The summed E-state index contributed by atoms with van der Waals surface area (Å²) in [6.45, 7) is 2.20. The molecule has 2 rings (SSSR count). The van der Waals surface area contributed by atoms with Crippen molar-refractivity contribution in [3.05, 3.63) is 11.6 Å². The van der Waals surface area contributed by atoms with Crippen molar-refractivity contribution in [2.75, 3.05) is 0 Å². The number of carbonyl (C=O) groups excluding carboxylic acids is 1. The maximum absolute atomic E-state index is 10.5. The summed E-state index contributed by atoms with van der Waals surface area (Å²) in [5.41, 5.74) is 0.104. The first-order valence-electron chi connectivity index (χ1n) is 5.13. The third kappa shape index (κ3) is 1.56. The molecule has 0 aliphatic heterocycles. The van der Waals surface area contributed by atoms with Crippen LogP contribution in [0.15, 0.2) is 0 Å². The molecule has 14 heavy (non-hydrogen) atoms. The minimum Gasteiger partial charge on any atom is -0.294 e. The van der Waals surface area contributed by atoms with Gasteiger partial charge in [0.25, 0.3) is 0 Å². The fourth-order valence-corrected chi connectivity index (χ4v) is 2.17. The van der Waals surface area contributed by atoms with Crippen molar-refractivity contribution < 1.29 is 4.79 Å². The lowest BCUT2D eigenvalue weighted by Gasteiger charge is -2.30. The van der Waals surface area contributed by atoms with Crippen LogP contribution in [0.25, 0.3) is 0 Å². The second-order valence-electron chi connectivity index (χ2n) is 4.28. The third-order valence-corrected chi connectivity index (χ3v) is 3.14. The molecule has 76 valence electrons. The van der Waals surface area contributed by atoms with Crippen molar-refractivity contribution in [2.24, 2.45) is 0 Å². The lowest BCUT2D eigenvalue weighted by Crippen LogP contribution is -2.26. The zero-order chi connectivity index (χ0) is 10.0. The van der Waals surface area contributed by atoms with Crippen LogP contribution in [-0.4, -0.2) is 21.5 Å². The van der Waals surface area contributed by atoms with Crippen molar-refractivity contribution in [1.29, 1.82) is 0 Å². The van der Waals surface area contributed by atoms with E-state index in [2.05, 4.69) is 22.1 Å². The molecule has 0 radical (unpaired) electrons. The molecule has 0 atom stereocenters. The van der Waals surface area contributed by atoms with Gasteiger partial charge in [-0.05, 0) is 12.8 Å². The van der Waals surface area contributed by atoms with Crippen LogP contribution >= 0.6 is 0 Å². The summed E-state index contributed by atoms with van der Waals surface area (Å²) in [5.74, 6) is 1.14. The van der Waals surface area contributed by atoms with Gasteiger partial charge in [-0.3, -0.25) is 9.89 Å². The molecule has 0 spiro atoms. The molecule has 1 aromatic rings. The lowest BCUT2D eigenvalue weighted by atomic mass is 9.75. The molecule has 1 N–H and O–H groups in total. The van der Waals surface area contributed by atoms with Crippen molar-refractivity contribution in [2.45, 2.75) is 44.4 Å². The number of carbonyl (C=O) groups is 1. The highest BCUT2D eigenvalue weighted by molar-refractivity contribution is 5.68. The summed E-state index contributed by atoms with van der Waals surface area (Å²) in [6.07, 6.45) is 6.76. The Bertz CT molecular complexity index is 326. The Labute approximate surface area is 83.1 Å². The molecule has 4 nitrogen and oxygen atoms in total. The predicted octanol–water partition coefficient (Wildman–Crippen LogP) is 1.84. The van der Waals surface area contributed by atoms with Crippen LogP contribution in [-0.2, 0) is 5.41 Å². The van der Waals surface area contributed by atoms with Gasteiger partial charge in [-0.1, -0.05) is 26.2 Å². The van der Waals surface area contributed by atoms with Gasteiger partial charge in [-0.25, -0.2) is 4.98 Å². The number of H-pyrrole nitrogens is 1. The summed E-state index contributed by atoms with van der Waals surface area (Å²) in [7, 11) is 0. The molecule has 4 heteroatoms. The van der Waals surface area contributed by atoms with Crippen LogP contribution < -0.4 is 0 Å². The number of nitrogens with one attached hydrogen (secondary N) is 1. The van der Waals surface area contributed by atoms with Gasteiger partial charge in [0.2, 0.25) is 5.82 Å². The van der Waals surface area contributed by atoms with Gasteiger partial charge in [0.15, 0.2) is 6.29 Å². The van der Waals surface area contributed by atoms with Crippen LogP contribution in [0.4, 0.5) is 0 Å². The SMILES string of the molecule is CC1(c2nc(C=O)n[nH]2)CCCCC1. The Morgan fingerprint density at radius 2 is 2.07 bits per heavy atom. The fraction of sp³-hybridized carbons (Fsp3) is 0.700. The first kappa shape index (κ1) is 9.37. The maximum atomic E-state index is 10.5. The molecule has 0 amide bonds. The van der Waals surface area contributed by atoms with E-state index in [9.17, 15) is 4.79 Å². The van der Waals surface area contributed by atoms with Gasteiger partial charge in [-0.15, -0.1) is 0 Å². The Balaban J connectivity index is 2.23. The molecule has 0 saturated heterocycles. The average molecular weight is 193 g/mol. The van der Waals surface area contributed by atoms with Crippen LogP contribution in [0.2, 0.25) is 0 Å². The van der Waals surface area contributed by atoms with Gasteiger partial charge in [0.05, 0.1) is 0 Å². The zero-order valence-electron chi connectivity index (χ0n) is 8.42. The van der Waals surface area contributed by atoms with Crippen molar-refractivity contribution in [1.82, 2.24) is 15.2 Å². The molecule has 1 aliphatic carbocycles. The van der Waals surface area contributed by atoms with E-state index < -0.39 is 0 Å². The minimum atomic E-state index is 0.104. The Kier molecular flexibility index (Phi) is 2.35. The molecule has 1 aliphatic rings. The quantitative estimate of drug-likeness (QED) is 0.729. The normalized spacial score (nSPS) is 20.6. The monoisotopic (exact) mass is 193 g/mol. The van der Waals surface area contributed by atoms with Crippen LogP contribution in [0.3, 0.4) is 0 Å². The number of hydrogen-bond acceptors (Lipinski definition) is 3. The second-order valence-corrected chi connectivity index (χ2v) is 4.28. The minimum absolute atomic E-state index is 0.104. The summed E-state index contributed by atoms with van der Waals surface area (Å²) in [4.78, 5) is 14.7. The van der Waals surface area contributed by atoms with E-state index in [0.717, 1.165) is 18.7 Å². The lowest BCUT2D eigenvalue weighted by molar-refractivity contribution is 0.111. The van der Waals surface area contributed by atoms with E-state index in [1.807, 2.05) is 0 Å². The number of aromatic nitrogens is 3. The van der Waals surface area contributed by atoms with Crippen molar-refractivity contribution in [3.63, 3.8) is 0 Å². The van der Waals surface area contributed by atoms with E-state index in [4.69, 9.17) is 0 Å². The standard InChI is InChI=1S/C10H15N3O/c1-10(5-3-2-4-6-10)9-11-8(7-14)12-13-9/h7H,2-6H2,1H3,(H,11,12,13). The van der Waals surface area contributed by atoms with E-state index in [-0.39, 0.29) is 11.2 Å². The number of aromatic amines is 1. The van der Waals surface area contributed by atoms with Crippen LogP contribution in [0.1, 0.15) is 55.5 Å². The highest BCUT2D eigenvalue weighted by Crippen LogP contribution is 2.36. The molecule has 0 unspecified atom stereocenters. The van der Waals surface area contributed by atoms with Gasteiger partial charge in [0, 0.05) is 5.41 Å². The number of rotatable bonds is 2. The summed E-state index contributed by atoms with van der Waals surface area (Å²) in [5, 5.41) is 6.73. The van der Waals surface area contributed by atoms with Crippen LogP contribution in [0.5, 0.6) is 0 Å². The molecular formula is C10H15N3O. The van der Waals surface area contributed by atoms with E-state index in [0.29, 0.717) is 6.29 Å². The fourth-order valence-electron chi connectivity index (χ4n) is 2.17. The molecule has 0 aromatic carbocycles. The molecule has 1 saturated carbocycles. The van der Waals surface area contributed by atoms with Gasteiger partial charge >= 0.3 is 0 Å². The smallest absolute Gasteiger partial charge is 0.214 e. The molecule has 0 bridgehead atoms. The topological polar surface area (TPSA) is 58.6 Å². The second kappa shape index (κ2) is 3.52. The highest BCUT2D eigenvalue weighted by Gasteiger charge is 2.31. The Morgan fingerprint density at radius 1 is 1.36 bits per heavy atom. The van der Waals surface area contributed by atoms with Crippen molar-refractivity contribution >= 4 is 6.29 Å². The number of aldehydes is 1. The van der Waals surface area contributed by atoms with E-state index in [1.165, 1.54) is 19.3 Å². The molecule has 1 fully saturated rings. The number of nitrogens with zero attached hydrogens (tertiary/aromatic N) is 2. The number of hydrogen-bond donors (Lipinski definition) is 1. The molecule has 1 heterocycles. The highest BCUT2D eigenvalue weighted by atomic mass is 16.1. The van der Waals surface area contributed by atoms with Crippen molar-refractivity contribution in [3.8, 4) is 0 Å². The van der Waals surface area contributed by atoms with E-state index >= 15 is 0 Å². The van der Waals surface area contributed by atoms with Gasteiger partial charge in [-0.2, -0.15) is 5.10 Å². The first-order chi connectivity index (χ1) is 6.74. The van der Waals surface area contributed by atoms with Crippen LogP contribution in [0, 0.1) is 0 Å². The molecule has 1 aromatic heterocycles. The average Bonchev–Trinajstić information content (AvgIpc) is 2.67. The molecular weight excluding hydrogens is 178 g/mol. The maximum Gasteiger partial charge on any atom is 0.214 e. The first-order valence-corrected chi connectivity index (χ1v) is 5.13. The zero-order valence-corrected chi connectivity index (χ0v) is 8.42.